The molecule has 0 radical (unpaired) electrons. The minimum atomic E-state index is -1.04. The van der Waals surface area contributed by atoms with Gasteiger partial charge in [0.15, 0.2) is 0 Å². The number of nitrogens with zero attached hydrogens (tertiary/aromatic N) is 1. The summed E-state index contributed by atoms with van der Waals surface area (Å²) in [5, 5.41) is 11.6. The summed E-state index contributed by atoms with van der Waals surface area (Å²) in [5.41, 5.74) is 1.63. The van der Waals surface area contributed by atoms with E-state index in [1.54, 1.807) is 25.3 Å². The normalized spacial score (nSPS) is 12.2. The maximum atomic E-state index is 11.9. The Morgan fingerprint density at radius 1 is 1.36 bits per heavy atom. The summed E-state index contributed by atoms with van der Waals surface area (Å²) in [6, 6.07) is 8.65. The number of allylic oxidation sites excluding steroid dienone is 1. The number of nitrogens with one attached hydrogen (secondary N) is 1. The van der Waals surface area contributed by atoms with Gasteiger partial charge in [0, 0.05) is 11.3 Å². The van der Waals surface area contributed by atoms with Crippen LogP contribution in [0.25, 0.3) is 11.5 Å². The summed E-state index contributed by atoms with van der Waals surface area (Å²) in [7, 11) is 0. The fourth-order valence-corrected chi connectivity index (χ4v) is 2.78. The number of hydrogen-bond donors (Lipinski definition) is 2. The maximum absolute atomic E-state index is 11.9. The number of hydrogen-bond acceptors (Lipinski definition) is 5. The number of amides is 1. The van der Waals surface area contributed by atoms with Gasteiger partial charge in [0.1, 0.15) is 12.3 Å². The lowest BCUT2D eigenvalue weighted by Crippen LogP contribution is -2.41. The van der Waals surface area contributed by atoms with Gasteiger partial charge in [-0.2, -0.15) is 0 Å². The maximum Gasteiger partial charge on any atom is 0.326 e. The molecule has 0 spiro atoms. The smallest absolute Gasteiger partial charge is 0.326 e. The fraction of sp³-hybridized carbons (Fsp3) is 0.278. The summed E-state index contributed by atoms with van der Waals surface area (Å²) in [6.45, 7) is 1.80. The molecule has 1 aromatic heterocycles. The highest BCUT2D eigenvalue weighted by Gasteiger charge is 2.18. The van der Waals surface area contributed by atoms with Crippen molar-refractivity contribution in [3.05, 3.63) is 54.4 Å². The number of carbonyl (C=O) groups is 2. The molecule has 1 atom stereocenters. The molecular weight excluding hydrogens is 340 g/mol. The second-order valence-electron chi connectivity index (χ2n) is 5.27. The first-order chi connectivity index (χ1) is 12.1. The van der Waals surface area contributed by atoms with Crippen LogP contribution in [0.3, 0.4) is 0 Å². The number of carboxylic acid groups (broad SMARTS) is 1. The lowest BCUT2D eigenvalue weighted by atomic mass is 10.2. The van der Waals surface area contributed by atoms with Crippen molar-refractivity contribution in [2.45, 2.75) is 25.1 Å². The molecule has 0 fully saturated rings. The molecular formula is C18H20N2O4S. The summed E-state index contributed by atoms with van der Waals surface area (Å²) in [4.78, 5) is 27.4. The number of rotatable bonds is 9. The molecule has 1 heterocycles. The van der Waals surface area contributed by atoms with Crippen molar-refractivity contribution in [1.82, 2.24) is 10.3 Å². The van der Waals surface area contributed by atoms with Crippen molar-refractivity contribution < 1.29 is 19.1 Å². The molecule has 1 unspecified atom stereocenters. The largest absolute Gasteiger partial charge is 0.480 e. The molecule has 0 aliphatic carbocycles. The molecule has 7 heteroatoms. The molecule has 6 nitrogen and oxygen atoms in total. The van der Waals surface area contributed by atoms with E-state index in [9.17, 15) is 9.59 Å². The molecule has 2 rings (SSSR count). The highest BCUT2D eigenvalue weighted by Crippen LogP contribution is 2.20. The lowest BCUT2D eigenvalue weighted by Gasteiger charge is -2.12. The number of aliphatic carboxylic acids is 1. The number of thioether (sulfide) groups is 1. The zero-order chi connectivity index (χ0) is 18.1. The van der Waals surface area contributed by atoms with Crippen molar-refractivity contribution in [2.24, 2.45) is 0 Å². The van der Waals surface area contributed by atoms with Crippen molar-refractivity contribution >= 4 is 23.6 Å². The predicted molar refractivity (Wildman–Crippen MR) is 97.1 cm³/mol. The van der Waals surface area contributed by atoms with Crippen molar-refractivity contribution in [3.63, 3.8) is 0 Å². The van der Waals surface area contributed by atoms with Gasteiger partial charge in [0.05, 0.1) is 11.4 Å². The first-order valence-electron chi connectivity index (χ1n) is 7.81. The molecule has 2 N–H and O–H groups in total. The Morgan fingerprint density at radius 3 is 2.80 bits per heavy atom. The van der Waals surface area contributed by atoms with Gasteiger partial charge >= 0.3 is 5.97 Å². The van der Waals surface area contributed by atoms with Gasteiger partial charge < -0.3 is 14.8 Å². The van der Waals surface area contributed by atoms with Crippen LogP contribution in [0.5, 0.6) is 0 Å². The Hall–Kier alpha value is -2.54. The van der Waals surface area contributed by atoms with E-state index >= 15 is 0 Å². The van der Waals surface area contributed by atoms with E-state index in [1.807, 2.05) is 30.3 Å². The third-order valence-corrected chi connectivity index (χ3v) is 4.26. The Kier molecular flexibility index (Phi) is 7.28. The van der Waals surface area contributed by atoms with Crippen LogP contribution >= 0.6 is 11.8 Å². The fourth-order valence-electron chi connectivity index (χ4n) is 2.06. The van der Waals surface area contributed by atoms with Gasteiger partial charge in [0.2, 0.25) is 11.8 Å². The van der Waals surface area contributed by atoms with E-state index in [0.29, 0.717) is 11.6 Å². The van der Waals surface area contributed by atoms with E-state index in [1.165, 1.54) is 11.8 Å². The second-order valence-corrected chi connectivity index (χ2v) is 6.25. The highest BCUT2D eigenvalue weighted by molar-refractivity contribution is 7.99. The first kappa shape index (κ1) is 18.8. The second kappa shape index (κ2) is 9.68. The minimum absolute atomic E-state index is 0.160. The Balaban J connectivity index is 1.79. The van der Waals surface area contributed by atoms with E-state index in [4.69, 9.17) is 9.52 Å². The van der Waals surface area contributed by atoms with Crippen LogP contribution < -0.4 is 5.32 Å². The number of oxazole rings is 1. The number of carbonyl (C=O) groups excluding carboxylic acids is 1. The summed E-state index contributed by atoms with van der Waals surface area (Å²) < 4.78 is 5.44. The lowest BCUT2D eigenvalue weighted by molar-refractivity contribution is -0.141. The molecule has 0 saturated heterocycles. The number of benzene rings is 1. The van der Waals surface area contributed by atoms with Gasteiger partial charge in [-0.1, -0.05) is 30.4 Å². The van der Waals surface area contributed by atoms with E-state index in [2.05, 4.69) is 10.3 Å². The minimum Gasteiger partial charge on any atom is -0.480 e. The van der Waals surface area contributed by atoms with Crippen molar-refractivity contribution in [2.75, 3.05) is 5.75 Å². The van der Waals surface area contributed by atoms with Crippen LogP contribution in [0, 0.1) is 0 Å². The third kappa shape index (κ3) is 6.11. The van der Waals surface area contributed by atoms with Crippen LogP contribution in [0.2, 0.25) is 0 Å². The topological polar surface area (TPSA) is 92.4 Å². The number of carboxylic acids is 1. The average molecular weight is 360 g/mol. The molecule has 0 aliphatic heterocycles. The Bertz CT molecular complexity index is 728. The quantitative estimate of drug-likeness (QED) is 0.668. The molecule has 1 amide bonds. The van der Waals surface area contributed by atoms with Crippen LogP contribution in [-0.4, -0.2) is 33.8 Å². The molecule has 1 aromatic carbocycles. The van der Waals surface area contributed by atoms with Crippen molar-refractivity contribution in [3.8, 4) is 11.5 Å². The van der Waals surface area contributed by atoms with Gasteiger partial charge in [-0.3, -0.25) is 4.79 Å². The number of aromatic nitrogens is 1. The van der Waals surface area contributed by atoms with Gasteiger partial charge in [-0.25, -0.2) is 9.78 Å². The highest BCUT2D eigenvalue weighted by atomic mass is 32.2. The molecule has 132 valence electrons. The summed E-state index contributed by atoms with van der Waals surface area (Å²) in [6.07, 6.45) is 5.31. The zero-order valence-corrected chi connectivity index (χ0v) is 14.7. The SMILES string of the molecule is C/C=C/CC(NC(=O)CSCc1coc(-c2ccccc2)n1)C(=O)O. The average Bonchev–Trinajstić information content (AvgIpc) is 3.08. The molecule has 0 bridgehead atoms. The molecule has 0 saturated carbocycles. The van der Waals surface area contributed by atoms with Crippen LogP contribution in [0.4, 0.5) is 0 Å². The van der Waals surface area contributed by atoms with Gasteiger partial charge in [-0.05, 0) is 25.5 Å². The molecule has 2 aromatic rings. The monoisotopic (exact) mass is 360 g/mol. The van der Waals surface area contributed by atoms with Crippen LogP contribution in [-0.2, 0) is 15.3 Å². The van der Waals surface area contributed by atoms with E-state index in [0.717, 1.165) is 11.3 Å². The third-order valence-electron chi connectivity index (χ3n) is 3.30. The standard InChI is InChI=1S/C18H20N2O4S/c1-2-3-9-15(18(22)23)20-16(21)12-25-11-14-10-24-17(19-14)13-7-5-4-6-8-13/h2-8,10,15H,9,11-12H2,1H3,(H,20,21)(H,22,23)/b3-2+. The van der Waals surface area contributed by atoms with Crippen LogP contribution in [0.15, 0.2) is 53.2 Å². The predicted octanol–water partition coefficient (Wildman–Crippen LogP) is 3.11. The molecule has 0 aliphatic rings. The van der Waals surface area contributed by atoms with Crippen LogP contribution in [0.1, 0.15) is 19.0 Å². The van der Waals surface area contributed by atoms with E-state index in [-0.39, 0.29) is 18.1 Å². The Morgan fingerprint density at radius 2 is 2.12 bits per heavy atom. The van der Waals surface area contributed by atoms with Gasteiger partial charge in [-0.15, -0.1) is 11.8 Å². The van der Waals surface area contributed by atoms with E-state index < -0.39 is 12.0 Å². The first-order valence-corrected chi connectivity index (χ1v) is 8.96. The Labute approximate surface area is 150 Å². The van der Waals surface area contributed by atoms with Gasteiger partial charge in [0.25, 0.3) is 0 Å². The summed E-state index contributed by atoms with van der Waals surface area (Å²) >= 11 is 1.36. The summed E-state index contributed by atoms with van der Waals surface area (Å²) in [5.74, 6) is -0.143. The molecule has 25 heavy (non-hydrogen) atoms. The zero-order valence-electron chi connectivity index (χ0n) is 13.8. The van der Waals surface area contributed by atoms with Crippen molar-refractivity contribution in [1.29, 1.82) is 0 Å².